The third-order valence-corrected chi connectivity index (χ3v) is 9.65. The van der Waals surface area contributed by atoms with Gasteiger partial charge < -0.3 is 4.57 Å². The maximum absolute atomic E-state index is 10.2. The van der Waals surface area contributed by atoms with Crippen molar-refractivity contribution in [3.63, 3.8) is 0 Å². The molecule has 0 aliphatic rings. The summed E-state index contributed by atoms with van der Waals surface area (Å²) in [5.74, 6) is 0. The highest BCUT2D eigenvalue weighted by molar-refractivity contribution is 6.22. The zero-order valence-electron chi connectivity index (χ0n) is 26.4. The van der Waals surface area contributed by atoms with E-state index < -0.39 is 0 Å². The van der Waals surface area contributed by atoms with Crippen LogP contribution in [0.2, 0.25) is 0 Å². The fraction of sp³-hybridized carbons (Fsp3) is 0. The highest BCUT2D eigenvalue weighted by Gasteiger charge is 2.22. The van der Waals surface area contributed by atoms with Crippen molar-refractivity contribution in [1.29, 1.82) is 10.5 Å². The molecule has 9 aromatic rings. The van der Waals surface area contributed by atoms with Crippen molar-refractivity contribution in [3.05, 3.63) is 175 Å². The van der Waals surface area contributed by atoms with E-state index in [1.165, 1.54) is 5.56 Å². The topological polar surface area (TPSA) is 52.5 Å². The Bertz CT molecular complexity index is 2740. The predicted octanol–water partition coefficient (Wildman–Crippen LogP) is 11.8. The molecule has 0 aliphatic carbocycles. The van der Waals surface area contributed by atoms with Crippen molar-refractivity contribution in [1.82, 2.24) is 4.57 Å². The molecule has 0 atom stereocenters. The van der Waals surface area contributed by atoms with E-state index in [4.69, 9.17) is 0 Å². The van der Waals surface area contributed by atoms with Gasteiger partial charge in [-0.25, -0.2) is 0 Å². The van der Waals surface area contributed by atoms with Gasteiger partial charge in [-0.2, -0.15) is 10.5 Å². The SMILES string of the molecule is N#Cc1ccc(-c2ccc(C#N)cc2-n2c3ccccc3c3ccccc32)c(-c2c3ccccc3c(-c3ccccc3)c3ccccc23)c1. The first-order valence-corrected chi connectivity index (χ1v) is 16.3. The third kappa shape index (κ3) is 4.42. The molecular weight excluding hydrogens is 595 g/mol. The molecule has 0 radical (unpaired) electrons. The van der Waals surface area contributed by atoms with Gasteiger partial charge in [-0.3, -0.25) is 0 Å². The Hall–Kier alpha value is -6.94. The molecule has 0 aliphatic heterocycles. The minimum atomic E-state index is 0.582. The van der Waals surface area contributed by atoms with Gasteiger partial charge in [-0.05, 0) is 85.8 Å². The molecule has 0 saturated carbocycles. The number of aromatic nitrogens is 1. The van der Waals surface area contributed by atoms with E-state index in [9.17, 15) is 10.5 Å². The lowest BCUT2D eigenvalue weighted by molar-refractivity contribution is 1.18. The quantitative estimate of drug-likeness (QED) is 0.184. The average molecular weight is 622 g/mol. The highest BCUT2D eigenvalue weighted by atomic mass is 15.0. The fourth-order valence-electron chi connectivity index (χ4n) is 7.59. The monoisotopic (exact) mass is 621 g/mol. The molecule has 0 amide bonds. The van der Waals surface area contributed by atoms with Crippen LogP contribution >= 0.6 is 0 Å². The van der Waals surface area contributed by atoms with Crippen molar-refractivity contribution in [3.8, 4) is 51.2 Å². The second-order valence-corrected chi connectivity index (χ2v) is 12.3. The van der Waals surface area contributed by atoms with Crippen LogP contribution in [0, 0.1) is 22.7 Å². The van der Waals surface area contributed by atoms with Gasteiger partial charge in [0.25, 0.3) is 0 Å². The maximum atomic E-state index is 10.2. The molecular formula is C46H27N3. The second-order valence-electron chi connectivity index (χ2n) is 12.3. The molecule has 0 fully saturated rings. The van der Waals surface area contributed by atoms with Crippen molar-refractivity contribution >= 4 is 43.4 Å². The molecule has 0 N–H and O–H groups in total. The molecule has 1 heterocycles. The van der Waals surface area contributed by atoms with E-state index in [1.807, 2.05) is 30.3 Å². The van der Waals surface area contributed by atoms with Gasteiger partial charge in [-0.1, -0.05) is 127 Å². The number of hydrogen-bond acceptors (Lipinski definition) is 2. The van der Waals surface area contributed by atoms with E-state index >= 15 is 0 Å². The highest BCUT2D eigenvalue weighted by Crippen LogP contribution is 2.47. The van der Waals surface area contributed by atoms with Gasteiger partial charge in [0.1, 0.15) is 0 Å². The lowest BCUT2D eigenvalue weighted by Crippen LogP contribution is -2.00. The van der Waals surface area contributed by atoms with Gasteiger partial charge in [-0.15, -0.1) is 0 Å². The van der Waals surface area contributed by atoms with Gasteiger partial charge in [0.05, 0.1) is 40.0 Å². The Kier molecular flexibility index (Phi) is 6.58. The fourth-order valence-corrected chi connectivity index (χ4v) is 7.59. The zero-order chi connectivity index (χ0) is 32.9. The van der Waals surface area contributed by atoms with Crippen LogP contribution in [0.4, 0.5) is 0 Å². The van der Waals surface area contributed by atoms with Crippen LogP contribution in [0.1, 0.15) is 11.1 Å². The summed E-state index contributed by atoms with van der Waals surface area (Å²) in [6.45, 7) is 0. The summed E-state index contributed by atoms with van der Waals surface area (Å²) in [5, 5.41) is 27.2. The second kappa shape index (κ2) is 11.4. The summed E-state index contributed by atoms with van der Waals surface area (Å²) in [6.07, 6.45) is 0. The Balaban J connectivity index is 1.42. The van der Waals surface area contributed by atoms with Crippen LogP contribution in [0.5, 0.6) is 0 Å². The first-order chi connectivity index (χ1) is 24.2. The van der Waals surface area contributed by atoms with Crippen molar-refractivity contribution in [2.45, 2.75) is 0 Å². The number of fused-ring (bicyclic) bond motifs is 5. The van der Waals surface area contributed by atoms with Crippen molar-refractivity contribution in [2.75, 3.05) is 0 Å². The first-order valence-electron chi connectivity index (χ1n) is 16.3. The smallest absolute Gasteiger partial charge is 0.0992 e. The van der Waals surface area contributed by atoms with Gasteiger partial charge in [0, 0.05) is 16.3 Å². The molecule has 0 spiro atoms. The van der Waals surface area contributed by atoms with Gasteiger partial charge >= 0.3 is 0 Å². The molecule has 226 valence electrons. The lowest BCUT2D eigenvalue weighted by Gasteiger charge is -2.21. The molecule has 0 unspecified atom stereocenters. The largest absolute Gasteiger partial charge is 0.309 e. The summed E-state index contributed by atoms with van der Waals surface area (Å²) in [6, 6.07) is 61.3. The Morgan fingerprint density at radius 1 is 0.367 bits per heavy atom. The van der Waals surface area contributed by atoms with E-state index in [0.717, 1.165) is 76.9 Å². The van der Waals surface area contributed by atoms with Gasteiger partial charge in [0.2, 0.25) is 0 Å². The maximum Gasteiger partial charge on any atom is 0.0992 e. The Labute approximate surface area is 283 Å². The van der Waals surface area contributed by atoms with E-state index in [0.29, 0.717) is 11.1 Å². The summed E-state index contributed by atoms with van der Waals surface area (Å²) < 4.78 is 2.28. The van der Waals surface area contributed by atoms with Crippen LogP contribution in [0.3, 0.4) is 0 Å². The molecule has 8 aromatic carbocycles. The molecule has 1 aromatic heterocycles. The average Bonchev–Trinajstić information content (AvgIpc) is 3.51. The van der Waals surface area contributed by atoms with E-state index in [-0.39, 0.29) is 0 Å². The normalized spacial score (nSPS) is 11.2. The Morgan fingerprint density at radius 3 is 1.37 bits per heavy atom. The van der Waals surface area contributed by atoms with Crippen LogP contribution in [-0.4, -0.2) is 4.57 Å². The Morgan fingerprint density at radius 2 is 0.816 bits per heavy atom. The minimum Gasteiger partial charge on any atom is -0.309 e. The number of nitrogens with zero attached hydrogens (tertiary/aromatic N) is 3. The summed E-state index contributed by atoms with van der Waals surface area (Å²) >= 11 is 0. The molecule has 49 heavy (non-hydrogen) atoms. The number of hydrogen-bond donors (Lipinski definition) is 0. The van der Waals surface area contributed by atoms with Crippen molar-refractivity contribution < 1.29 is 0 Å². The summed E-state index contributed by atoms with van der Waals surface area (Å²) in [7, 11) is 0. The molecule has 3 nitrogen and oxygen atoms in total. The van der Waals surface area contributed by atoms with E-state index in [1.54, 1.807) is 0 Å². The number of para-hydroxylation sites is 2. The molecule has 3 heteroatoms. The molecule has 0 bridgehead atoms. The van der Waals surface area contributed by atoms with E-state index in [2.05, 4.69) is 150 Å². The first kappa shape index (κ1) is 28.3. The molecule has 0 saturated heterocycles. The number of nitriles is 2. The molecule has 9 rings (SSSR count). The van der Waals surface area contributed by atoms with Crippen molar-refractivity contribution in [2.24, 2.45) is 0 Å². The van der Waals surface area contributed by atoms with Gasteiger partial charge in [0.15, 0.2) is 0 Å². The number of rotatable bonds is 4. The lowest BCUT2D eigenvalue weighted by atomic mass is 9.83. The predicted molar refractivity (Wildman–Crippen MR) is 202 cm³/mol. The standard InChI is InChI=1S/C46H27N3/c47-28-30-22-24-33(36-25-23-31(29-48)27-44(36)49-42-20-10-8-14-34(42)35-15-9-11-21-43(35)49)41(26-30)46-39-18-6-4-16-37(39)45(32-12-2-1-3-13-32)38-17-5-7-19-40(38)46/h1-27H. The number of benzene rings is 8. The van der Waals surface area contributed by atoms with Crippen LogP contribution in [-0.2, 0) is 0 Å². The zero-order valence-corrected chi connectivity index (χ0v) is 26.4. The summed E-state index contributed by atoms with van der Waals surface area (Å²) in [4.78, 5) is 0. The van der Waals surface area contributed by atoms with Crippen LogP contribution < -0.4 is 0 Å². The van der Waals surface area contributed by atoms with Crippen LogP contribution in [0.25, 0.3) is 82.4 Å². The third-order valence-electron chi connectivity index (χ3n) is 9.65. The van der Waals surface area contributed by atoms with Crippen LogP contribution in [0.15, 0.2) is 164 Å². The minimum absolute atomic E-state index is 0.582. The summed E-state index contributed by atoms with van der Waals surface area (Å²) in [5.41, 5.74) is 10.6.